The average Bonchev–Trinajstić information content (AvgIpc) is 3.26. The number of fused-ring (bicyclic) bond motifs is 1. The normalized spacial score (nSPS) is 14.0. The highest BCUT2D eigenvalue weighted by Crippen LogP contribution is 2.37. The summed E-state index contributed by atoms with van der Waals surface area (Å²) in [5, 5.41) is 8.03. The minimum Gasteiger partial charge on any atom is -0.310 e. The van der Waals surface area contributed by atoms with E-state index in [9.17, 15) is 4.79 Å². The Labute approximate surface area is 164 Å². The molecule has 0 radical (unpaired) electrons. The zero-order valence-corrected chi connectivity index (χ0v) is 16.4. The van der Waals surface area contributed by atoms with Crippen LogP contribution in [0, 0.1) is 6.92 Å². The third-order valence-electron chi connectivity index (χ3n) is 5.06. The molecule has 27 heavy (non-hydrogen) atoms. The van der Waals surface area contributed by atoms with Crippen LogP contribution in [0.25, 0.3) is 5.69 Å². The van der Waals surface area contributed by atoms with E-state index in [-0.39, 0.29) is 11.8 Å². The van der Waals surface area contributed by atoms with Crippen molar-refractivity contribution in [1.82, 2.24) is 9.78 Å². The second kappa shape index (κ2) is 7.61. The number of benzene rings is 2. The quantitative estimate of drug-likeness (QED) is 0.676. The lowest BCUT2D eigenvalue weighted by atomic mass is 9.95. The van der Waals surface area contributed by atoms with Gasteiger partial charge in [-0.05, 0) is 30.5 Å². The molecule has 0 saturated carbocycles. The van der Waals surface area contributed by atoms with Crippen LogP contribution >= 0.6 is 11.8 Å². The van der Waals surface area contributed by atoms with Crippen LogP contribution < -0.4 is 5.32 Å². The highest BCUT2D eigenvalue weighted by Gasteiger charge is 2.27. The van der Waals surface area contributed by atoms with Gasteiger partial charge in [-0.25, -0.2) is 4.68 Å². The van der Waals surface area contributed by atoms with E-state index in [4.69, 9.17) is 5.10 Å². The molecule has 0 bridgehead atoms. The van der Waals surface area contributed by atoms with E-state index in [1.54, 1.807) is 0 Å². The number of nitrogens with one attached hydrogen (secondary N) is 1. The Bertz CT molecular complexity index is 965. The smallest absolute Gasteiger partial charge is 0.233 e. The summed E-state index contributed by atoms with van der Waals surface area (Å²) < 4.78 is 1.91. The predicted molar refractivity (Wildman–Crippen MR) is 111 cm³/mol. The van der Waals surface area contributed by atoms with E-state index in [1.807, 2.05) is 58.9 Å². The van der Waals surface area contributed by atoms with Crippen molar-refractivity contribution in [2.45, 2.75) is 37.7 Å². The Kier molecular flexibility index (Phi) is 5.03. The van der Waals surface area contributed by atoms with E-state index in [0.29, 0.717) is 0 Å². The Hall–Kier alpha value is -2.53. The van der Waals surface area contributed by atoms with Gasteiger partial charge in [0.2, 0.25) is 5.91 Å². The number of thioether (sulfide) groups is 1. The summed E-state index contributed by atoms with van der Waals surface area (Å²) in [5.74, 6) is 2.46. The maximum absolute atomic E-state index is 13.2. The molecule has 2 heterocycles. The van der Waals surface area contributed by atoms with Crippen LogP contribution in [0.15, 0.2) is 54.6 Å². The molecular weight excluding hydrogens is 354 g/mol. The summed E-state index contributed by atoms with van der Waals surface area (Å²) in [7, 11) is 0. The molecule has 3 aromatic rings. The number of rotatable bonds is 5. The fourth-order valence-corrected chi connectivity index (χ4v) is 4.61. The molecule has 4 rings (SSSR count). The average molecular weight is 378 g/mol. The van der Waals surface area contributed by atoms with Gasteiger partial charge in [0.15, 0.2) is 0 Å². The minimum absolute atomic E-state index is 0.0261. The lowest BCUT2D eigenvalue weighted by Gasteiger charge is -2.17. The zero-order chi connectivity index (χ0) is 18.8. The van der Waals surface area contributed by atoms with Gasteiger partial charge in [-0.15, -0.1) is 0 Å². The van der Waals surface area contributed by atoms with Gasteiger partial charge in [0.1, 0.15) is 5.82 Å². The van der Waals surface area contributed by atoms with Crippen molar-refractivity contribution in [1.29, 1.82) is 0 Å². The van der Waals surface area contributed by atoms with Crippen molar-refractivity contribution in [2.75, 3.05) is 5.32 Å². The van der Waals surface area contributed by atoms with Gasteiger partial charge < -0.3 is 5.32 Å². The van der Waals surface area contributed by atoms with Gasteiger partial charge in [0, 0.05) is 17.1 Å². The van der Waals surface area contributed by atoms with Gasteiger partial charge in [-0.3, -0.25) is 4.79 Å². The molecule has 1 atom stereocenters. The molecule has 1 N–H and O–H groups in total. The summed E-state index contributed by atoms with van der Waals surface area (Å²) in [6.45, 7) is 4.12. The molecule has 138 valence electrons. The number of hydrogen-bond acceptors (Lipinski definition) is 3. The lowest BCUT2D eigenvalue weighted by Crippen LogP contribution is -2.23. The number of aryl methyl sites for hydroxylation is 1. The van der Waals surface area contributed by atoms with Crippen LogP contribution in [-0.4, -0.2) is 15.7 Å². The van der Waals surface area contributed by atoms with Crippen molar-refractivity contribution < 1.29 is 4.79 Å². The topological polar surface area (TPSA) is 46.9 Å². The van der Waals surface area contributed by atoms with Crippen LogP contribution in [-0.2, 0) is 16.3 Å². The molecule has 1 aliphatic rings. The van der Waals surface area contributed by atoms with E-state index in [2.05, 4.69) is 31.3 Å². The first-order valence-corrected chi connectivity index (χ1v) is 10.4. The summed E-state index contributed by atoms with van der Waals surface area (Å²) >= 11 is 1.84. The third-order valence-corrected chi connectivity index (χ3v) is 6.03. The van der Waals surface area contributed by atoms with Crippen LogP contribution in [0.5, 0.6) is 0 Å². The van der Waals surface area contributed by atoms with Gasteiger partial charge in [0.25, 0.3) is 0 Å². The molecule has 0 fully saturated rings. The summed E-state index contributed by atoms with van der Waals surface area (Å²) in [5.41, 5.74) is 5.42. The Morgan fingerprint density at radius 3 is 2.63 bits per heavy atom. The van der Waals surface area contributed by atoms with Crippen LogP contribution in [0.2, 0.25) is 0 Å². The Morgan fingerprint density at radius 2 is 1.89 bits per heavy atom. The minimum atomic E-state index is -0.170. The first-order valence-electron chi connectivity index (χ1n) is 9.29. The van der Waals surface area contributed by atoms with Crippen LogP contribution in [0.1, 0.15) is 41.6 Å². The maximum atomic E-state index is 13.2. The van der Waals surface area contributed by atoms with Crippen molar-refractivity contribution in [3.05, 3.63) is 77.0 Å². The van der Waals surface area contributed by atoms with Gasteiger partial charge >= 0.3 is 0 Å². The maximum Gasteiger partial charge on any atom is 0.233 e. The third kappa shape index (κ3) is 3.39. The summed E-state index contributed by atoms with van der Waals surface area (Å²) in [6.07, 6.45) is 0.755. The molecule has 2 aromatic carbocycles. The highest BCUT2D eigenvalue weighted by atomic mass is 32.2. The fourth-order valence-electron chi connectivity index (χ4n) is 3.58. The van der Waals surface area contributed by atoms with Crippen LogP contribution in [0.4, 0.5) is 5.82 Å². The number of nitrogens with zero attached hydrogens (tertiary/aromatic N) is 2. The van der Waals surface area contributed by atoms with Crippen LogP contribution in [0.3, 0.4) is 0 Å². The molecule has 1 amide bonds. The molecule has 1 aromatic heterocycles. The standard InChI is InChI=1S/C22H23N3OS/c1-3-17(16-10-5-4-6-11-16)22(26)23-21-18-13-27-14-19(18)24-25(21)20-12-8-7-9-15(20)2/h4-12,17H,3,13-14H2,1-2H3,(H,23,26)/t17-/m0/s1. The van der Waals surface area contributed by atoms with E-state index in [0.717, 1.165) is 51.8 Å². The van der Waals surface area contributed by atoms with E-state index in [1.165, 1.54) is 0 Å². The molecule has 0 unspecified atom stereocenters. The Morgan fingerprint density at radius 1 is 1.15 bits per heavy atom. The van der Waals surface area contributed by atoms with Gasteiger partial charge in [0.05, 0.1) is 17.3 Å². The molecule has 5 heteroatoms. The fraction of sp³-hybridized carbons (Fsp3) is 0.273. The molecule has 1 aliphatic heterocycles. The highest BCUT2D eigenvalue weighted by molar-refractivity contribution is 7.98. The molecule has 0 spiro atoms. The molecule has 4 nitrogen and oxygen atoms in total. The number of anilines is 1. The molecular formula is C22H23N3OS. The number of carbonyl (C=O) groups is 1. The largest absolute Gasteiger partial charge is 0.310 e. The first-order chi connectivity index (χ1) is 13.2. The Balaban J connectivity index is 1.71. The van der Waals surface area contributed by atoms with E-state index >= 15 is 0 Å². The summed E-state index contributed by atoms with van der Waals surface area (Å²) in [4.78, 5) is 13.2. The lowest BCUT2D eigenvalue weighted by molar-refractivity contribution is -0.117. The van der Waals surface area contributed by atoms with Crippen molar-refractivity contribution >= 4 is 23.5 Å². The predicted octanol–water partition coefficient (Wildman–Crippen LogP) is 5.06. The number of hydrogen-bond donors (Lipinski definition) is 1. The van der Waals surface area contributed by atoms with Gasteiger partial charge in [-0.2, -0.15) is 16.9 Å². The van der Waals surface area contributed by atoms with Gasteiger partial charge in [-0.1, -0.05) is 55.5 Å². The van der Waals surface area contributed by atoms with Crippen molar-refractivity contribution in [2.24, 2.45) is 0 Å². The second-order valence-corrected chi connectivity index (χ2v) is 7.81. The second-order valence-electron chi connectivity index (χ2n) is 6.83. The molecule has 0 saturated heterocycles. The number of carbonyl (C=O) groups excluding carboxylic acids is 1. The zero-order valence-electron chi connectivity index (χ0n) is 15.6. The molecule has 0 aliphatic carbocycles. The number of amides is 1. The number of aromatic nitrogens is 2. The van der Waals surface area contributed by atoms with Crippen molar-refractivity contribution in [3.63, 3.8) is 0 Å². The first kappa shape index (κ1) is 17.9. The number of para-hydroxylation sites is 1. The SMILES string of the molecule is CC[C@H](C(=O)Nc1c2c(nn1-c1ccccc1C)CSC2)c1ccccc1. The van der Waals surface area contributed by atoms with E-state index < -0.39 is 0 Å². The summed E-state index contributed by atoms with van der Waals surface area (Å²) in [6, 6.07) is 18.1. The monoisotopic (exact) mass is 377 g/mol. The van der Waals surface area contributed by atoms with Crippen molar-refractivity contribution in [3.8, 4) is 5.69 Å².